The molecule has 3 heteroatoms. The number of benzene rings is 1. The predicted molar refractivity (Wildman–Crippen MR) is 83.4 cm³/mol. The number of aromatic nitrogens is 1. The minimum atomic E-state index is 0.0496. The molecule has 0 saturated heterocycles. The van der Waals surface area contributed by atoms with Crippen molar-refractivity contribution in [3.05, 3.63) is 53.2 Å². The third-order valence-electron chi connectivity index (χ3n) is 3.41. The lowest BCUT2D eigenvalue weighted by atomic mass is 10.1. The van der Waals surface area contributed by atoms with Gasteiger partial charge in [0.05, 0.1) is 6.61 Å². The van der Waals surface area contributed by atoms with Gasteiger partial charge < -0.3 is 10.0 Å². The van der Waals surface area contributed by atoms with Gasteiger partial charge in [-0.15, -0.1) is 0 Å². The van der Waals surface area contributed by atoms with Crippen molar-refractivity contribution in [3.63, 3.8) is 0 Å². The number of anilines is 2. The van der Waals surface area contributed by atoms with Crippen molar-refractivity contribution < 1.29 is 5.11 Å². The van der Waals surface area contributed by atoms with E-state index in [1.807, 2.05) is 12.1 Å². The topological polar surface area (TPSA) is 36.4 Å². The summed E-state index contributed by atoms with van der Waals surface area (Å²) in [6.45, 7) is 7.16. The summed E-state index contributed by atoms with van der Waals surface area (Å²) in [5.41, 5.74) is 4.30. The second-order valence-electron chi connectivity index (χ2n) is 4.92. The zero-order valence-electron chi connectivity index (χ0n) is 12.4. The number of aliphatic hydroxyl groups excluding tert-OH is 1. The Morgan fingerprint density at radius 1 is 1.10 bits per heavy atom. The van der Waals surface area contributed by atoms with E-state index in [0.29, 0.717) is 0 Å². The SMILES string of the molecule is CCc1cc(CO)cc(N(CC)c2ccc(C)cc2)n1. The molecule has 0 radical (unpaired) electrons. The highest BCUT2D eigenvalue weighted by Crippen LogP contribution is 2.25. The molecule has 1 heterocycles. The van der Waals surface area contributed by atoms with Gasteiger partial charge in [-0.3, -0.25) is 0 Å². The smallest absolute Gasteiger partial charge is 0.133 e. The fraction of sp³-hybridized carbons (Fsp3) is 0.353. The predicted octanol–water partition coefficient (Wildman–Crippen LogP) is 3.60. The Hall–Kier alpha value is -1.87. The average molecular weight is 270 g/mol. The van der Waals surface area contributed by atoms with Crippen LogP contribution in [0, 0.1) is 6.92 Å². The van der Waals surface area contributed by atoms with Crippen LogP contribution in [0.5, 0.6) is 0 Å². The van der Waals surface area contributed by atoms with E-state index < -0.39 is 0 Å². The van der Waals surface area contributed by atoms with Crippen LogP contribution in [0.4, 0.5) is 11.5 Å². The van der Waals surface area contributed by atoms with Crippen molar-refractivity contribution >= 4 is 11.5 Å². The normalized spacial score (nSPS) is 10.6. The second kappa shape index (κ2) is 6.53. The molecule has 1 aromatic heterocycles. The van der Waals surface area contributed by atoms with Crippen LogP contribution in [0.2, 0.25) is 0 Å². The summed E-state index contributed by atoms with van der Waals surface area (Å²) in [5.74, 6) is 0.903. The van der Waals surface area contributed by atoms with Crippen molar-refractivity contribution in [2.24, 2.45) is 0 Å². The molecule has 106 valence electrons. The third-order valence-corrected chi connectivity index (χ3v) is 3.41. The first-order valence-corrected chi connectivity index (χ1v) is 7.12. The highest BCUT2D eigenvalue weighted by Gasteiger charge is 2.10. The van der Waals surface area contributed by atoms with E-state index >= 15 is 0 Å². The standard InChI is InChI=1S/C17H22N2O/c1-4-15-10-14(12-20)11-17(18-15)19(5-2)16-8-6-13(3)7-9-16/h6-11,20H,4-5,12H2,1-3H3. The van der Waals surface area contributed by atoms with Gasteiger partial charge in [-0.2, -0.15) is 0 Å². The van der Waals surface area contributed by atoms with Crippen LogP contribution in [-0.4, -0.2) is 16.6 Å². The maximum Gasteiger partial charge on any atom is 0.133 e. The molecule has 0 aliphatic rings. The first-order chi connectivity index (χ1) is 9.67. The molecular weight excluding hydrogens is 248 g/mol. The minimum Gasteiger partial charge on any atom is -0.392 e. The van der Waals surface area contributed by atoms with Gasteiger partial charge in [0, 0.05) is 17.9 Å². The van der Waals surface area contributed by atoms with Crippen molar-refractivity contribution in [3.8, 4) is 0 Å². The number of rotatable bonds is 5. The van der Waals surface area contributed by atoms with Gasteiger partial charge in [-0.25, -0.2) is 4.98 Å². The molecule has 2 rings (SSSR count). The van der Waals surface area contributed by atoms with Gasteiger partial charge in [0.1, 0.15) is 5.82 Å². The highest BCUT2D eigenvalue weighted by atomic mass is 16.3. The first kappa shape index (κ1) is 14.5. The molecule has 1 aromatic carbocycles. The summed E-state index contributed by atoms with van der Waals surface area (Å²) < 4.78 is 0. The molecule has 0 bridgehead atoms. The lowest BCUT2D eigenvalue weighted by molar-refractivity contribution is 0.281. The van der Waals surface area contributed by atoms with Crippen molar-refractivity contribution in [2.45, 2.75) is 33.8 Å². The Kier molecular flexibility index (Phi) is 4.74. The third kappa shape index (κ3) is 3.17. The van der Waals surface area contributed by atoms with Gasteiger partial charge in [0.25, 0.3) is 0 Å². The first-order valence-electron chi connectivity index (χ1n) is 7.12. The Morgan fingerprint density at radius 2 is 1.80 bits per heavy atom. The Morgan fingerprint density at radius 3 is 2.35 bits per heavy atom. The summed E-state index contributed by atoms with van der Waals surface area (Å²) in [6.07, 6.45) is 0.867. The fourth-order valence-electron chi connectivity index (χ4n) is 2.25. The molecule has 0 unspecified atom stereocenters. The lowest BCUT2D eigenvalue weighted by Crippen LogP contribution is -2.18. The van der Waals surface area contributed by atoms with Gasteiger partial charge >= 0.3 is 0 Å². The Labute approximate surface area is 120 Å². The molecule has 0 saturated carbocycles. The maximum atomic E-state index is 9.40. The molecule has 0 spiro atoms. The second-order valence-corrected chi connectivity index (χ2v) is 4.92. The molecule has 3 nitrogen and oxygen atoms in total. The van der Waals surface area contributed by atoms with Crippen LogP contribution >= 0.6 is 0 Å². The zero-order chi connectivity index (χ0) is 14.5. The van der Waals surface area contributed by atoms with Crippen LogP contribution in [0.15, 0.2) is 36.4 Å². The van der Waals surface area contributed by atoms with Crippen molar-refractivity contribution in [1.29, 1.82) is 0 Å². The molecule has 0 atom stereocenters. The van der Waals surface area contributed by atoms with Crippen LogP contribution in [-0.2, 0) is 13.0 Å². The number of hydrogen-bond donors (Lipinski definition) is 1. The summed E-state index contributed by atoms with van der Waals surface area (Å²) in [5, 5.41) is 9.40. The van der Waals surface area contributed by atoms with Crippen LogP contribution in [0.1, 0.15) is 30.7 Å². The van der Waals surface area contributed by atoms with Gasteiger partial charge in [0.15, 0.2) is 0 Å². The summed E-state index contributed by atoms with van der Waals surface area (Å²) in [4.78, 5) is 6.85. The minimum absolute atomic E-state index is 0.0496. The molecule has 0 amide bonds. The van der Waals surface area contributed by atoms with E-state index in [1.165, 1.54) is 5.56 Å². The molecule has 2 aromatic rings. The zero-order valence-corrected chi connectivity index (χ0v) is 12.4. The van der Waals surface area contributed by atoms with Gasteiger partial charge in [-0.05, 0) is 50.1 Å². The summed E-state index contributed by atoms with van der Waals surface area (Å²) >= 11 is 0. The number of pyridine rings is 1. The molecule has 0 aliphatic carbocycles. The van der Waals surface area contributed by atoms with Crippen molar-refractivity contribution in [1.82, 2.24) is 4.98 Å². The summed E-state index contributed by atoms with van der Waals surface area (Å²) in [7, 11) is 0. The molecule has 0 aliphatic heterocycles. The van der Waals surface area contributed by atoms with E-state index in [2.05, 4.69) is 54.9 Å². The van der Waals surface area contributed by atoms with Crippen LogP contribution < -0.4 is 4.90 Å². The van der Waals surface area contributed by atoms with E-state index in [4.69, 9.17) is 0 Å². The number of aryl methyl sites for hydroxylation is 2. The number of aliphatic hydroxyl groups is 1. The van der Waals surface area contributed by atoms with E-state index in [9.17, 15) is 5.11 Å². The molecule has 1 N–H and O–H groups in total. The number of hydrogen-bond acceptors (Lipinski definition) is 3. The Bertz CT molecular complexity index is 541. The van der Waals surface area contributed by atoms with Crippen LogP contribution in [0.25, 0.3) is 0 Å². The van der Waals surface area contributed by atoms with Crippen LogP contribution in [0.3, 0.4) is 0 Å². The van der Waals surface area contributed by atoms with E-state index in [0.717, 1.165) is 35.7 Å². The largest absolute Gasteiger partial charge is 0.392 e. The quantitative estimate of drug-likeness (QED) is 0.901. The Balaban J connectivity index is 2.42. The van der Waals surface area contributed by atoms with Crippen molar-refractivity contribution in [2.75, 3.05) is 11.4 Å². The number of nitrogens with zero attached hydrogens (tertiary/aromatic N) is 2. The molecule has 20 heavy (non-hydrogen) atoms. The highest BCUT2D eigenvalue weighted by molar-refractivity contribution is 5.61. The average Bonchev–Trinajstić information content (AvgIpc) is 2.49. The maximum absolute atomic E-state index is 9.40. The lowest BCUT2D eigenvalue weighted by Gasteiger charge is -2.23. The fourth-order valence-corrected chi connectivity index (χ4v) is 2.25. The van der Waals surface area contributed by atoms with E-state index in [1.54, 1.807) is 0 Å². The van der Waals surface area contributed by atoms with Gasteiger partial charge in [0.2, 0.25) is 0 Å². The molecular formula is C17H22N2O. The van der Waals surface area contributed by atoms with Gasteiger partial charge in [-0.1, -0.05) is 24.6 Å². The summed E-state index contributed by atoms with van der Waals surface area (Å²) in [6, 6.07) is 12.4. The molecule has 0 fully saturated rings. The van der Waals surface area contributed by atoms with E-state index in [-0.39, 0.29) is 6.61 Å². The monoisotopic (exact) mass is 270 g/mol.